The first kappa shape index (κ1) is 12.9. The van der Waals surface area contributed by atoms with Crippen LogP contribution in [-0.2, 0) is 0 Å². The summed E-state index contributed by atoms with van der Waals surface area (Å²) < 4.78 is 0. The Morgan fingerprint density at radius 1 is 1.29 bits per heavy atom. The molecule has 1 unspecified atom stereocenters. The van der Waals surface area contributed by atoms with Crippen LogP contribution in [-0.4, -0.2) is 24.5 Å². The Hall–Kier alpha value is -0.570. The normalized spacial score (nSPS) is 20.4. The van der Waals surface area contributed by atoms with Crippen molar-refractivity contribution in [2.75, 3.05) is 19.6 Å². The fraction of sp³-hybridized carbons (Fsp3) is 0.571. The largest absolute Gasteiger partial charge is 0.330 e. The van der Waals surface area contributed by atoms with Crippen molar-refractivity contribution in [3.8, 4) is 0 Å². The van der Waals surface area contributed by atoms with Gasteiger partial charge in [0.1, 0.15) is 0 Å². The van der Waals surface area contributed by atoms with Crippen molar-refractivity contribution in [3.63, 3.8) is 0 Å². The lowest BCUT2D eigenvalue weighted by Crippen LogP contribution is -2.37. The fourth-order valence-corrected chi connectivity index (χ4v) is 2.65. The topological polar surface area (TPSA) is 29.3 Å². The number of likely N-dealkylation sites (tertiary alicyclic amines) is 1. The molecule has 1 fully saturated rings. The molecule has 2 nitrogen and oxygen atoms in total. The van der Waals surface area contributed by atoms with Gasteiger partial charge in [0.05, 0.1) is 0 Å². The lowest BCUT2D eigenvalue weighted by molar-refractivity contribution is 0.143. The predicted molar refractivity (Wildman–Crippen MR) is 73.2 cm³/mol. The summed E-state index contributed by atoms with van der Waals surface area (Å²) in [5, 5.41) is 0.808. The van der Waals surface area contributed by atoms with Crippen LogP contribution in [0, 0.1) is 5.92 Å². The molecule has 0 aliphatic carbocycles. The van der Waals surface area contributed by atoms with E-state index in [0.717, 1.165) is 30.6 Å². The van der Waals surface area contributed by atoms with Crippen molar-refractivity contribution in [2.24, 2.45) is 11.7 Å². The van der Waals surface area contributed by atoms with Crippen molar-refractivity contribution >= 4 is 11.6 Å². The van der Waals surface area contributed by atoms with Gasteiger partial charge in [0.2, 0.25) is 0 Å². The van der Waals surface area contributed by atoms with Gasteiger partial charge in [-0.25, -0.2) is 0 Å². The summed E-state index contributed by atoms with van der Waals surface area (Å²) >= 11 is 5.91. The molecule has 0 saturated carbocycles. The highest BCUT2D eigenvalue weighted by atomic mass is 35.5. The first-order valence-corrected chi connectivity index (χ1v) is 6.78. The Morgan fingerprint density at radius 3 is 2.41 bits per heavy atom. The molecule has 0 aromatic heterocycles. The Labute approximate surface area is 109 Å². The molecular weight excluding hydrogens is 232 g/mol. The second-order valence-electron chi connectivity index (χ2n) is 4.94. The van der Waals surface area contributed by atoms with Crippen molar-refractivity contribution in [1.82, 2.24) is 4.90 Å². The van der Waals surface area contributed by atoms with Gasteiger partial charge in [-0.15, -0.1) is 0 Å². The van der Waals surface area contributed by atoms with Gasteiger partial charge in [0.25, 0.3) is 0 Å². The number of halogens is 1. The number of piperidine rings is 1. The summed E-state index contributed by atoms with van der Waals surface area (Å²) in [6, 6.07) is 8.68. The Balaban J connectivity index is 1.96. The van der Waals surface area contributed by atoms with Crippen LogP contribution in [0.3, 0.4) is 0 Å². The molecule has 0 bridgehead atoms. The Kier molecular flexibility index (Phi) is 4.43. The molecule has 1 aromatic carbocycles. The zero-order valence-corrected chi connectivity index (χ0v) is 11.2. The maximum Gasteiger partial charge on any atom is 0.0406 e. The maximum atomic E-state index is 5.91. The number of benzene rings is 1. The summed E-state index contributed by atoms with van der Waals surface area (Å²) in [5.74, 6) is 0.726. The van der Waals surface area contributed by atoms with Gasteiger partial charge in [0, 0.05) is 11.1 Å². The Morgan fingerprint density at radius 2 is 1.88 bits per heavy atom. The third kappa shape index (κ3) is 3.21. The number of nitrogens with two attached hydrogens (primary N) is 1. The van der Waals surface area contributed by atoms with Crippen LogP contribution in [0.25, 0.3) is 0 Å². The summed E-state index contributed by atoms with van der Waals surface area (Å²) in [6.45, 7) is 5.42. The Bertz CT molecular complexity index is 342. The smallest absolute Gasteiger partial charge is 0.0406 e. The lowest BCUT2D eigenvalue weighted by Gasteiger charge is -2.35. The van der Waals surface area contributed by atoms with Gasteiger partial charge in [-0.1, -0.05) is 23.7 Å². The van der Waals surface area contributed by atoms with E-state index < -0.39 is 0 Å². The zero-order chi connectivity index (χ0) is 12.3. The third-order valence-electron chi connectivity index (χ3n) is 3.88. The molecule has 1 atom stereocenters. The molecule has 0 amide bonds. The van der Waals surface area contributed by atoms with Crippen LogP contribution in [0.5, 0.6) is 0 Å². The van der Waals surface area contributed by atoms with Crippen LogP contribution in [0.15, 0.2) is 24.3 Å². The van der Waals surface area contributed by atoms with Crippen LogP contribution in [0.1, 0.15) is 31.4 Å². The first-order chi connectivity index (χ1) is 8.20. The van der Waals surface area contributed by atoms with Gasteiger partial charge in [-0.3, -0.25) is 4.90 Å². The van der Waals surface area contributed by atoms with E-state index in [4.69, 9.17) is 17.3 Å². The third-order valence-corrected chi connectivity index (χ3v) is 4.13. The van der Waals surface area contributed by atoms with Crippen molar-refractivity contribution in [2.45, 2.75) is 25.8 Å². The van der Waals surface area contributed by atoms with E-state index in [0.29, 0.717) is 6.04 Å². The molecular formula is C14H21ClN2. The molecule has 1 aromatic rings. The molecule has 94 valence electrons. The molecule has 1 saturated heterocycles. The minimum Gasteiger partial charge on any atom is -0.330 e. The molecule has 0 spiro atoms. The van der Waals surface area contributed by atoms with E-state index in [1.807, 2.05) is 12.1 Å². The van der Waals surface area contributed by atoms with Gasteiger partial charge >= 0.3 is 0 Å². The van der Waals surface area contributed by atoms with E-state index in [1.54, 1.807) is 0 Å². The maximum absolute atomic E-state index is 5.91. The molecule has 3 heteroatoms. The average molecular weight is 253 g/mol. The summed E-state index contributed by atoms with van der Waals surface area (Å²) in [7, 11) is 0. The standard InChI is InChI=1S/C14H21ClN2/c1-11(13-2-4-14(15)5-3-13)17-8-6-12(10-16)7-9-17/h2-5,11-12H,6-10,16H2,1H3. The zero-order valence-electron chi connectivity index (χ0n) is 10.4. The van der Waals surface area contributed by atoms with Gasteiger partial charge < -0.3 is 5.73 Å². The van der Waals surface area contributed by atoms with Gasteiger partial charge in [-0.05, 0) is 63.0 Å². The average Bonchev–Trinajstić information content (AvgIpc) is 2.39. The molecule has 1 heterocycles. The number of rotatable bonds is 3. The number of nitrogens with zero attached hydrogens (tertiary/aromatic N) is 1. The number of hydrogen-bond acceptors (Lipinski definition) is 2. The van der Waals surface area contributed by atoms with Crippen LogP contribution in [0.2, 0.25) is 5.02 Å². The van der Waals surface area contributed by atoms with E-state index in [1.165, 1.54) is 18.4 Å². The van der Waals surface area contributed by atoms with Crippen LogP contribution < -0.4 is 5.73 Å². The first-order valence-electron chi connectivity index (χ1n) is 6.40. The van der Waals surface area contributed by atoms with Crippen LogP contribution >= 0.6 is 11.6 Å². The molecule has 2 rings (SSSR count). The van der Waals surface area contributed by atoms with Crippen LogP contribution in [0.4, 0.5) is 0 Å². The van der Waals surface area contributed by atoms with Gasteiger partial charge in [-0.2, -0.15) is 0 Å². The minimum absolute atomic E-state index is 0.478. The summed E-state index contributed by atoms with van der Waals surface area (Å²) in [6.07, 6.45) is 2.46. The minimum atomic E-state index is 0.478. The van der Waals surface area contributed by atoms with Crippen molar-refractivity contribution < 1.29 is 0 Å². The molecule has 2 N–H and O–H groups in total. The van der Waals surface area contributed by atoms with E-state index in [9.17, 15) is 0 Å². The monoisotopic (exact) mass is 252 g/mol. The highest BCUT2D eigenvalue weighted by molar-refractivity contribution is 6.30. The second-order valence-corrected chi connectivity index (χ2v) is 5.38. The molecule has 0 radical (unpaired) electrons. The second kappa shape index (κ2) is 5.85. The summed E-state index contributed by atoms with van der Waals surface area (Å²) in [5.41, 5.74) is 7.07. The van der Waals surface area contributed by atoms with Crippen molar-refractivity contribution in [1.29, 1.82) is 0 Å². The molecule has 1 aliphatic heterocycles. The quantitative estimate of drug-likeness (QED) is 0.896. The van der Waals surface area contributed by atoms with Crippen molar-refractivity contribution in [3.05, 3.63) is 34.9 Å². The lowest BCUT2D eigenvalue weighted by atomic mass is 9.95. The summed E-state index contributed by atoms with van der Waals surface area (Å²) in [4.78, 5) is 2.54. The number of hydrogen-bond donors (Lipinski definition) is 1. The van der Waals surface area contributed by atoms with E-state index in [-0.39, 0.29) is 0 Å². The predicted octanol–water partition coefficient (Wildman–Crippen LogP) is 3.07. The van der Waals surface area contributed by atoms with E-state index in [2.05, 4.69) is 24.0 Å². The molecule has 1 aliphatic rings. The van der Waals surface area contributed by atoms with E-state index >= 15 is 0 Å². The van der Waals surface area contributed by atoms with Gasteiger partial charge in [0.15, 0.2) is 0 Å². The molecule has 17 heavy (non-hydrogen) atoms. The fourth-order valence-electron chi connectivity index (χ4n) is 2.53. The highest BCUT2D eigenvalue weighted by Gasteiger charge is 2.22. The SMILES string of the molecule is CC(c1ccc(Cl)cc1)N1CCC(CN)CC1. The highest BCUT2D eigenvalue weighted by Crippen LogP contribution is 2.26.